The lowest BCUT2D eigenvalue weighted by molar-refractivity contribution is -0.148. The third kappa shape index (κ3) is 3.27. The van der Waals surface area contributed by atoms with E-state index in [2.05, 4.69) is 0 Å². The molecule has 5 heteroatoms. The van der Waals surface area contributed by atoms with Gasteiger partial charge in [0, 0.05) is 39.5 Å². The van der Waals surface area contributed by atoms with E-state index < -0.39 is 5.41 Å². The molecule has 0 aliphatic carbocycles. The fourth-order valence-corrected chi connectivity index (χ4v) is 2.99. The molecule has 2 saturated heterocycles. The summed E-state index contributed by atoms with van der Waals surface area (Å²) in [6.45, 7) is 5.97. The number of carbonyl (C=O) groups is 1. The van der Waals surface area contributed by atoms with Gasteiger partial charge in [-0.2, -0.15) is 0 Å². The topological polar surface area (TPSA) is 64.8 Å². The minimum Gasteiger partial charge on any atom is -0.381 e. The van der Waals surface area contributed by atoms with E-state index in [4.69, 9.17) is 15.2 Å². The molecule has 0 saturated carbocycles. The van der Waals surface area contributed by atoms with Crippen LogP contribution in [0.25, 0.3) is 0 Å². The van der Waals surface area contributed by atoms with Gasteiger partial charge in [0.25, 0.3) is 0 Å². The van der Waals surface area contributed by atoms with Gasteiger partial charge in [-0.1, -0.05) is 0 Å². The molecule has 0 radical (unpaired) electrons. The summed E-state index contributed by atoms with van der Waals surface area (Å²) in [5, 5.41) is 0. The van der Waals surface area contributed by atoms with Crippen LogP contribution in [0.15, 0.2) is 0 Å². The third-order valence-electron chi connectivity index (χ3n) is 4.41. The molecule has 0 aromatic heterocycles. The van der Waals surface area contributed by atoms with Crippen LogP contribution >= 0.6 is 0 Å². The molecular formula is C14H26N2O3. The Kier molecular flexibility index (Phi) is 5.19. The molecule has 2 heterocycles. The Morgan fingerprint density at radius 1 is 1.37 bits per heavy atom. The number of carbonyl (C=O) groups excluding carboxylic acids is 1. The average Bonchev–Trinajstić information content (AvgIpc) is 2.97. The fourth-order valence-electron chi connectivity index (χ4n) is 2.99. The van der Waals surface area contributed by atoms with Crippen LogP contribution in [-0.2, 0) is 14.3 Å². The van der Waals surface area contributed by atoms with Crippen LogP contribution in [0.5, 0.6) is 0 Å². The van der Waals surface area contributed by atoms with Crippen LogP contribution in [0.2, 0.25) is 0 Å². The molecule has 1 unspecified atom stereocenters. The van der Waals surface area contributed by atoms with Crippen molar-refractivity contribution >= 4 is 5.91 Å². The predicted octanol–water partition coefficient (Wildman–Crippen LogP) is 0.769. The quantitative estimate of drug-likeness (QED) is 0.801. The highest BCUT2D eigenvalue weighted by Crippen LogP contribution is 2.32. The zero-order valence-electron chi connectivity index (χ0n) is 11.9. The Morgan fingerprint density at radius 2 is 2.11 bits per heavy atom. The summed E-state index contributed by atoms with van der Waals surface area (Å²) in [5.41, 5.74) is 5.50. The normalized spacial score (nSPS) is 26.3. The van der Waals surface area contributed by atoms with Gasteiger partial charge >= 0.3 is 0 Å². The minimum atomic E-state index is -0.410. The van der Waals surface area contributed by atoms with Crippen molar-refractivity contribution in [2.75, 3.05) is 39.5 Å². The van der Waals surface area contributed by atoms with Gasteiger partial charge in [0.1, 0.15) is 0 Å². The summed E-state index contributed by atoms with van der Waals surface area (Å²) in [5.74, 6) is 0.191. The van der Waals surface area contributed by atoms with Gasteiger partial charge in [0.05, 0.1) is 11.5 Å². The molecular weight excluding hydrogens is 244 g/mol. The van der Waals surface area contributed by atoms with Crippen molar-refractivity contribution in [1.29, 1.82) is 0 Å². The number of rotatable bonds is 5. The number of likely N-dealkylation sites (N-methyl/N-ethyl adjacent to an activating group) is 1. The Morgan fingerprint density at radius 3 is 2.63 bits per heavy atom. The molecule has 2 fully saturated rings. The van der Waals surface area contributed by atoms with Crippen molar-refractivity contribution < 1.29 is 14.3 Å². The number of hydrogen-bond acceptors (Lipinski definition) is 4. The van der Waals surface area contributed by atoms with Crippen molar-refractivity contribution in [2.45, 2.75) is 38.7 Å². The highest BCUT2D eigenvalue weighted by molar-refractivity contribution is 5.83. The first-order valence-corrected chi connectivity index (χ1v) is 7.40. The predicted molar refractivity (Wildman–Crippen MR) is 72.8 cm³/mol. The molecule has 2 aliphatic rings. The number of amides is 1. The summed E-state index contributed by atoms with van der Waals surface area (Å²) < 4.78 is 11.0. The van der Waals surface area contributed by atoms with E-state index >= 15 is 0 Å². The number of ether oxygens (including phenoxy) is 2. The lowest BCUT2D eigenvalue weighted by atomic mass is 9.78. The van der Waals surface area contributed by atoms with E-state index in [9.17, 15) is 4.79 Å². The van der Waals surface area contributed by atoms with Crippen LogP contribution in [0.1, 0.15) is 32.6 Å². The van der Waals surface area contributed by atoms with Crippen molar-refractivity contribution in [3.8, 4) is 0 Å². The van der Waals surface area contributed by atoms with Crippen molar-refractivity contribution in [1.82, 2.24) is 4.90 Å². The Labute approximate surface area is 115 Å². The van der Waals surface area contributed by atoms with Gasteiger partial charge in [-0.05, 0) is 32.6 Å². The molecule has 2 rings (SSSR count). The van der Waals surface area contributed by atoms with E-state index in [-0.39, 0.29) is 12.0 Å². The standard InChI is InChI=1S/C14H26N2O3/c1-2-16(10-12-4-3-7-19-12)13(17)14(11-15)5-8-18-9-6-14/h12H,2-11,15H2,1H3. The van der Waals surface area contributed by atoms with Gasteiger partial charge in [-0.25, -0.2) is 0 Å². The second kappa shape index (κ2) is 6.68. The summed E-state index contributed by atoms with van der Waals surface area (Å²) in [4.78, 5) is 14.7. The van der Waals surface area contributed by atoms with Crippen molar-refractivity contribution in [3.63, 3.8) is 0 Å². The fraction of sp³-hybridized carbons (Fsp3) is 0.929. The molecule has 19 heavy (non-hydrogen) atoms. The molecule has 2 aliphatic heterocycles. The molecule has 110 valence electrons. The maximum Gasteiger partial charge on any atom is 0.230 e. The van der Waals surface area contributed by atoms with Crippen molar-refractivity contribution in [3.05, 3.63) is 0 Å². The first-order chi connectivity index (χ1) is 9.22. The third-order valence-corrected chi connectivity index (χ3v) is 4.41. The van der Waals surface area contributed by atoms with E-state index in [1.165, 1.54) is 0 Å². The van der Waals surface area contributed by atoms with E-state index in [0.717, 1.165) is 38.8 Å². The Hall–Kier alpha value is -0.650. The van der Waals surface area contributed by atoms with Gasteiger partial charge < -0.3 is 20.1 Å². The summed E-state index contributed by atoms with van der Waals surface area (Å²) in [7, 11) is 0. The SMILES string of the molecule is CCN(CC1CCCO1)C(=O)C1(CN)CCOCC1. The first kappa shape index (κ1) is 14.8. The van der Waals surface area contributed by atoms with E-state index in [1.54, 1.807) is 0 Å². The number of nitrogens with two attached hydrogens (primary N) is 1. The number of nitrogens with zero attached hydrogens (tertiary/aromatic N) is 1. The van der Waals surface area contributed by atoms with Gasteiger partial charge in [-0.3, -0.25) is 4.79 Å². The van der Waals surface area contributed by atoms with E-state index in [0.29, 0.717) is 26.3 Å². The maximum atomic E-state index is 12.8. The molecule has 1 atom stereocenters. The number of hydrogen-bond donors (Lipinski definition) is 1. The highest BCUT2D eigenvalue weighted by Gasteiger charge is 2.41. The molecule has 0 bridgehead atoms. The smallest absolute Gasteiger partial charge is 0.230 e. The zero-order valence-corrected chi connectivity index (χ0v) is 11.9. The first-order valence-electron chi connectivity index (χ1n) is 7.40. The average molecular weight is 270 g/mol. The highest BCUT2D eigenvalue weighted by atomic mass is 16.5. The summed E-state index contributed by atoms with van der Waals surface area (Å²) in [6, 6.07) is 0. The summed E-state index contributed by atoms with van der Waals surface area (Å²) in [6.07, 6.45) is 3.85. The van der Waals surface area contributed by atoms with Gasteiger partial charge in [0.2, 0.25) is 5.91 Å². The van der Waals surface area contributed by atoms with Crippen LogP contribution in [-0.4, -0.2) is 56.4 Å². The van der Waals surface area contributed by atoms with Crippen LogP contribution in [0.4, 0.5) is 0 Å². The monoisotopic (exact) mass is 270 g/mol. The lowest BCUT2D eigenvalue weighted by Crippen LogP contribution is -2.52. The molecule has 5 nitrogen and oxygen atoms in total. The minimum absolute atomic E-state index is 0.191. The molecule has 0 aromatic rings. The molecule has 0 spiro atoms. The second-order valence-electron chi connectivity index (χ2n) is 5.58. The van der Waals surface area contributed by atoms with Gasteiger partial charge in [-0.15, -0.1) is 0 Å². The lowest BCUT2D eigenvalue weighted by Gasteiger charge is -2.39. The Balaban J connectivity index is 2.00. The van der Waals surface area contributed by atoms with E-state index in [1.807, 2.05) is 11.8 Å². The summed E-state index contributed by atoms with van der Waals surface area (Å²) >= 11 is 0. The van der Waals surface area contributed by atoms with Crippen LogP contribution in [0.3, 0.4) is 0 Å². The molecule has 1 amide bonds. The molecule has 2 N–H and O–H groups in total. The zero-order chi connectivity index (χ0) is 13.7. The second-order valence-corrected chi connectivity index (χ2v) is 5.58. The van der Waals surface area contributed by atoms with Gasteiger partial charge in [0.15, 0.2) is 0 Å². The Bertz CT molecular complexity index is 297. The van der Waals surface area contributed by atoms with Crippen LogP contribution in [0, 0.1) is 5.41 Å². The molecule has 0 aromatic carbocycles. The largest absolute Gasteiger partial charge is 0.381 e. The maximum absolute atomic E-state index is 12.8. The van der Waals surface area contributed by atoms with Crippen molar-refractivity contribution in [2.24, 2.45) is 11.1 Å². The van der Waals surface area contributed by atoms with Crippen LogP contribution < -0.4 is 5.73 Å².